The minimum absolute atomic E-state index is 0.00671. The van der Waals surface area contributed by atoms with Gasteiger partial charge in [0.05, 0.1) is 6.26 Å². The molecule has 2 saturated heterocycles. The van der Waals surface area contributed by atoms with Crippen LogP contribution in [0.3, 0.4) is 0 Å². The molecule has 2 aliphatic heterocycles. The minimum atomic E-state index is -3.55. The molecule has 1 amide bonds. The molecule has 98 valence electrons. The zero-order chi connectivity index (χ0) is 12.8. The molecule has 3 heterocycles. The number of sulfonamides is 1. The highest BCUT2D eigenvalue weighted by Crippen LogP contribution is 2.38. The van der Waals surface area contributed by atoms with E-state index in [1.165, 1.54) is 16.6 Å². The summed E-state index contributed by atoms with van der Waals surface area (Å²) >= 11 is 0. The van der Waals surface area contributed by atoms with Gasteiger partial charge in [-0.15, -0.1) is 0 Å². The Morgan fingerprint density at radius 3 is 2.89 bits per heavy atom. The fourth-order valence-electron chi connectivity index (χ4n) is 2.68. The second-order valence-corrected chi connectivity index (χ2v) is 6.84. The van der Waals surface area contributed by atoms with Crippen molar-refractivity contribution in [2.24, 2.45) is 5.41 Å². The van der Waals surface area contributed by atoms with Crippen LogP contribution in [0.15, 0.2) is 27.9 Å². The van der Waals surface area contributed by atoms with Crippen molar-refractivity contribution in [3.05, 3.63) is 18.4 Å². The molecule has 7 heteroatoms. The molecule has 0 aromatic carbocycles. The summed E-state index contributed by atoms with van der Waals surface area (Å²) in [4.78, 5) is 11.3. The maximum Gasteiger partial charge on any atom is 0.276 e. The first-order chi connectivity index (χ1) is 8.52. The highest BCUT2D eigenvalue weighted by Gasteiger charge is 2.47. The molecule has 0 radical (unpaired) electrons. The Morgan fingerprint density at radius 1 is 1.44 bits per heavy atom. The van der Waals surface area contributed by atoms with Crippen molar-refractivity contribution < 1.29 is 17.6 Å². The number of nitrogens with one attached hydrogen (secondary N) is 1. The van der Waals surface area contributed by atoms with Crippen LogP contribution in [0.5, 0.6) is 0 Å². The Balaban J connectivity index is 1.83. The van der Waals surface area contributed by atoms with Crippen LogP contribution in [0.25, 0.3) is 0 Å². The fraction of sp³-hybridized carbons (Fsp3) is 0.545. The Kier molecular flexibility index (Phi) is 2.49. The summed E-state index contributed by atoms with van der Waals surface area (Å²) in [6, 6.07) is 3.00. The minimum Gasteiger partial charge on any atom is -0.452 e. The molecule has 0 bridgehead atoms. The van der Waals surface area contributed by atoms with Crippen LogP contribution in [0.1, 0.15) is 12.8 Å². The van der Waals surface area contributed by atoms with Gasteiger partial charge in [-0.25, -0.2) is 8.42 Å². The quantitative estimate of drug-likeness (QED) is 0.831. The number of hydrogen-bond acceptors (Lipinski definition) is 4. The molecule has 1 spiro atoms. The van der Waals surface area contributed by atoms with Gasteiger partial charge in [-0.2, -0.15) is 4.31 Å². The predicted molar refractivity (Wildman–Crippen MR) is 62.1 cm³/mol. The normalized spacial score (nSPS) is 29.0. The molecule has 2 fully saturated rings. The van der Waals surface area contributed by atoms with Crippen molar-refractivity contribution in [1.29, 1.82) is 0 Å². The average molecular weight is 270 g/mol. The molecular formula is C11H14N2O4S. The van der Waals surface area contributed by atoms with Crippen LogP contribution >= 0.6 is 0 Å². The Labute approximate surface area is 105 Å². The molecule has 0 aliphatic carbocycles. The van der Waals surface area contributed by atoms with Gasteiger partial charge in [-0.1, -0.05) is 0 Å². The second-order valence-electron chi connectivity index (χ2n) is 4.97. The third kappa shape index (κ3) is 1.74. The predicted octanol–water partition coefficient (Wildman–Crippen LogP) is 0.180. The molecule has 3 rings (SSSR count). The van der Waals surface area contributed by atoms with E-state index in [4.69, 9.17) is 4.42 Å². The molecule has 1 aromatic heterocycles. The zero-order valence-corrected chi connectivity index (χ0v) is 10.6. The SMILES string of the molecule is O=C1CC2(CCN(S(=O)(=O)c3ccco3)C2)CN1. The van der Waals surface area contributed by atoms with Crippen molar-refractivity contribution in [3.8, 4) is 0 Å². The lowest BCUT2D eigenvalue weighted by molar-refractivity contribution is -0.119. The molecule has 6 nitrogen and oxygen atoms in total. The van der Waals surface area contributed by atoms with Gasteiger partial charge in [-0.05, 0) is 18.6 Å². The van der Waals surface area contributed by atoms with Crippen molar-refractivity contribution >= 4 is 15.9 Å². The van der Waals surface area contributed by atoms with Gasteiger partial charge in [0, 0.05) is 31.5 Å². The lowest BCUT2D eigenvalue weighted by atomic mass is 9.86. The van der Waals surface area contributed by atoms with Gasteiger partial charge in [0.2, 0.25) is 11.0 Å². The molecule has 1 unspecified atom stereocenters. The zero-order valence-electron chi connectivity index (χ0n) is 9.76. The van der Waals surface area contributed by atoms with E-state index in [0.29, 0.717) is 32.5 Å². The highest BCUT2D eigenvalue weighted by molar-refractivity contribution is 7.89. The van der Waals surface area contributed by atoms with Crippen molar-refractivity contribution in [1.82, 2.24) is 9.62 Å². The van der Waals surface area contributed by atoms with Crippen molar-refractivity contribution in [3.63, 3.8) is 0 Å². The molecule has 18 heavy (non-hydrogen) atoms. The number of carbonyl (C=O) groups is 1. The molecule has 1 N–H and O–H groups in total. The third-order valence-corrected chi connectivity index (χ3v) is 5.42. The number of carbonyl (C=O) groups excluding carboxylic acids is 1. The summed E-state index contributed by atoms with van der Waals surface area (Å²) in [5.74, 6) is 0.00671. The Bertz CT molecular complexity index is 566. The van der Waals surface area contributed by atoms with Gasteiger partial charge in [0.25, 0.3) is 10.0 Å². The summed E-state index contributed by atoms with van der Waals surface area (Å²) < 4.78 is 30.9. The summed E-state index contributed by atoms with van der Waals surface area (Å²) in [6.07, 6.45) is 2.47. The van der Waals surface area contributed by atoms with Crippen LogP contribution < -0.4 is 5.32 Å². The molecule has 0 saturated carbocycles. The van der Waals surface area contributed by atoms with Crippen LogP contribution in [-0.4, -0.2) is 38.3 Å². The first kappa shape index (κ1) is 11.7. The van der Waals surface area contributed by atoms with Gasteiger partial charge in [0.15, 0.2) is 0 Å². The average Bonchev–Trinajstić information content (AvgIpc) is 3.03. The van der Waals surface area contributed by atoms with Crippen LogP contribution in [0, 0.1) is 5.41 Å². The lowest BCUT2D eigenvalue weighted by Crippen LogP contribution is -2.33. The molecule has 1 atom stereocenters. The summed E-state index contributed by atoms with van der Waals surface area (Å²) in [5.41, 5.74) is -0.225. The van der Waals surface area contributed by atoms with Crippen LogP contribution in [-0.2, 0) is 14.8 Å². The first-order valence-electron chi connectivity index (χ1n) is 5.82. The van der Waals surface area contributed by atoms with E-state index >= 15 is 0 Å². The van der Waals surface area contributed by atoms with Crippen LogP contribution in [0.2, 0.25) is 0 Å². The smallest absolute Gasteiger partial charge is 0.276 e. The largest absolute Gasteiger partial charge is 0.452 e. The molecular weight excluding hydrogens is 256 g/mol. The van der Waals surface area contributed by atoms with Crippen molar-refractivity contribution in [2.45, 2.75) is 17.9 Å². The summed E-state index contributed by atoms with van der Waals surface area (Å²) in [5, 5.41) is 2.74. The van der Waals surface area contributed by atoms with E-state index in [-0.39, 0.29) is 16.4 Å². The van der Waals surface area contributed by atoms with E-state index in [1.807, 2.05) is 0 Å². The van der Waals surface area contributed by atoms with Gasteiger partial charge < -0.3 is 9.73 Å². The van der Waals surface area contributed by atoms with E-state index in [0.717, 1.165) is 0 Å². The number of hydrogen-bond donors (Lipinski definition) is 1. The summed E-state index contributed by atoms with van der Waals surface area (Å²) in [6.45, 7) is 1.39. The third-order valence-electron chi connectivity index (χ3n) is 3.69. The van der Waals surface area contributed by atoms with Crippen LogP contribution in [0.4, 0.5) is 0 Å². The Hall–Kier alpha value is -1.34. The molecule has 1 aromatic rings. The fourth-order valence-corrected chi connectivity index (χ4v) is 4.13. The number of nitrogens with zero attached hydrogens (tertiary/aromatic N) is 1. The highest BCUT2D eigenvalue weighted by atomic mass is 32.2. The van der Waals surface area contributed by atoms with Gasteiger partial charge >= 0.3 is 0 Å². The number of amides is 1. The standard InChI is InChI=1S/C11H14N2O4S/c14-9-6-11(7-12-9)3-4-13(8-11)18(15,16)10-2-1-5-17-10/h1-2,5H,3-4,6-8H2,(H,12,14). The summed E-state index contributed by atoms with van der Waals surface area (Å²) in [7, 11) is -3.55. The van der Waals surface area contributed by atoms with Gasteiger partial charge in [-0.3, -0.25) is 4.79 Å². The number of furan rings is 1. The maximum absolute atomic E-state index is 12.2. The van der Waals surface area contributed by atoms with E-state index in [9.17, 15) is 13.2 Å². The van der Waals surface area contributed by atoms with Crippen molar-refractivity contribution in [2.75, 3.05) is 19.6 Å². The Morgan fingerprint density at radius 2 is 2.28 bits per heavy atom. The molecule has 2 aliphatic rings. The maximum atomic E-state index is 12.2. The van der Waals surface area contributed by atoms with E-state index in [2.05, 4.69) is 5.32 Å². The lowest BCUT2D eigenvalue weighted by Gasteiger charge is -2.20. The first-order valence-corrected chi connectivity index (χ1v) is 7.26. The topological polar surface area (TPSA) is 79.6 Å². The van der Waals surface area contributed by atoms with E-state index < -0.39 is 10.0 Å². The van der Waals surface area contributed by atoms with Gasteiger partial charge in [0.1, 0.15) is 0 Å². The van der Waals surface area contributed by atoms with E-state index in [1.54, 1.807) is 6.07 Å². The second kappa shape index (κ2) is 3.83. The number of rotatable bonds is 2. The monoisotopic (exact) mass is 270 g/mol.